The Balaban J connectivity index is 4.29. The van der Waals surface area contributed by atoms with Crippen LogP contribution in [0.15, 0.2) is 36.5 Å². The van der Waals surface area contributed by atoms with Gasteiger partial charge in [-0.25, -0.2) is 0 Å². The number of phosphoric ester groups is 1. The monoisotopic (exact) mass is 587 g/mol. The Morgan fingerprint density at radius 2 is 1.43 bits per heavy atom. The van der Waals surface area contributed by atoms with Crippen molar-refractivity contribution >= 4 is 19.8 Å². The number of allylic oxidation sites excluding steroid dienone is 6. The first kappa shape index (κ1) is 38.2. The highest BCUT2D eigenvalue weighted by Gasteiger charge is 2.21. The molecule has 0 N–H and O–H groups in total. The number of phosphoric acid groups is 1. The average Bonchev–Trinajstić information content (AvgIpc) is 2.87. The lowest BCUT2D eigenvalue weighted by Crippen LogP contribution is -2.37. The van der Waals surface area contributed by atoms with E-state index in [4.69, 9.17) is 18.5 Å². The largest absolute Gasteiger partial charge is 0.756 e. The van der Waals surface area contributed by atoms with Gasteiger partial charge in [-0.1, -0.05) is 69.6 Å². The molecule has 2 atom stereocenters. The zero-order valence-corrected chi connectivity index (χ0v) is 26.4. The molecule has 0 aromatic rings. The van der Waals surface area contributed by atoms with Crippen LogP contribution in [0.25, 0.3) is 0 Å². The molecule has 0 saturated carbocycles. The lowest BCUT2D eigenvalue weighted by atomic mass is 10.1. The van der Waals surface area contributed by atoms with Crippen molar-refractivity contribution in [1.82, 2.24) is 0 Å². The molecule has 0 rings (SSSR count). The van der Waals surface area contributed by atoms with Gasteiger partial charge in [-0.2, -0.15) is 0 Å². The lowest BCUT2D eigenvalue weighted by molar-refractivity contribution is -0.870. The number of unbranched alkanes of at least 4 members (excludes halogenated alkanes) is 5. The molecule has 0 radical (unpaired) electrons. The normalized spacial score (nSPS) is 14.7. The Kier molecular flexibility index (Phi) is 22.8. The zero-order chi connectivity index (χ0) is 30.1. The Labute approximate surface area is 242 Å². The third-order valence-electron chi connectivity index (χ3n) is 5.64. The zero-order valence-electron chi connectivity index (χ0n) is 25.5. The van der Waals surface area contributed by atoms with Gasteiger partial charge in [0.1, 0.15) is 19.8 Å². The van der Waals surface area contributed by atoms with Crippen LogP contribution in [0.1, 0.15) is 90.9 Å². The molecule has 232 valence electrons. The molecule has 0 saturated heterocycles. The molecule has 0 spiro atoms. The number of carbonyl (C=O) groups excluding carboxylic acids is 2. The van der Waals surface area contributed by atoms with Crippen LogP contribution in [0.5, 0.6) is 0 Å². The minimum absolute atomic E-state index is 0.0367. The average molecular weight is 588 g/mol. The van der Waals surface area contributed by atoms with E-state index in [0.29, 0.717) is 23.9 Å². The summed E-state index contributed by atoms with van der Waals surface area (Å²) in [5.41, 5.74) is 0. The Bertz CT molecular complexity index is 804. The standard InChI is InChI=1S/C30H54NO8P/c1-6-8-9-10-11-12-13-14-15-16-17-18-19-20-21-23-30(33)39-28(26-36-29(32)22-7-2)27-38-40(34,35)37-25-24-31(3,4)5/h8-9,11-12,14-15,28H,6-7,10,13,16-27H2,1-5H3/b9-8-,12-11-,15-14-. The SMILES string of the molecule is CC/C=C\C/C=C\C/C=C\CCCCCCCC(=O)OC(COC(=O)CCC)COP(=O)([O-])OCC[N+](C)(C)C. The molecule has 40 heavy (non-hydrogen) atoms. The first-order chi connectivity index (χ1) is 19.0. The van der Waals surface area contributed by atoms with Gasteiger partial charge >= 0.3 is 11.9 Å². The number of likely N-dealkylation sites (N-methyl/N-ethyl adjacent to an activating group) is 1. The molecule has 2 unspecified atom stereocenters. The van der Waals surface area contributed by atoms with Crippen LogP contribution in [0.2, 0.25) is 0 Å². The molecule has 10 heteroatoms. The van der Waals surface area contributed by atoms with Crippen LogP contribution < -0.4 is 4.89 Å². The summed E-state index contributed by atoms with van der Waals surface area (Å²) in [6.45, 7) is 3.65. The fourth-order valence-corrected chi connectivity index (χ4v) is 4.08. The number of quaternary nitrogens is 1. The van der Waals surface area contributed by atoms with Crippen molar-refractivity contribution in [3.05, 3.63) is 36.5 Å². The topological polar surface area (TPSA) is 111 Å². The molecular formula is C30H54NO8P. The number of ether oxygens (including phenoxy) is 2. The molecule has 9 nitrogen and oxygen atoms in total. The maximum Gasteiger partial charge on any atom is 0.306 e. The maximum atomic E-state index is 12.3. The quantitative estimate of drug-likeness (QED) is 0.0418. The van der Waals surface area contributed by atoms with Gasteiger partial charge in [0.25, 0.3) is 7.82 Å². The number of rotatable bonds is 25. The molecule has 0 heterocycles. The van der Waals surface area contributed by atoms with Crippen molar-refractivity contribution < 1.29 is 42.1 Å². The van der Waals surface area contributed by atoms with E-state index < -0.39 is 32.5 Å². The van der Waals surface area contributed by atoms with Gasteiger partial charge in [0.05, 0.1) is 27.7 Å². The molecular weight excluding hydrogens is 533 g/mol. The predicted molar refractivity (Wildman–Crippen MR) is 157 cm³/mol. The highest BCUT2D eigenvalue weighted by Crippen LogP contribution is 2.38. The van der Waals surface area contributed by atoms with E-state index in [0.717, 1.165) is 51.4 Å². The predicted octanol–water partition coefficient (Wildman–Crippen LogP) is 6.04. The third kappa shape index (κ3) is 26.5. The second-order valence-electron chi connectivity index (χ2n) is 10.7. The van der Waals surface area contributed by atoms with Crippen molar-refractivity contribution in [2.75, 3.05) is 47.5 Å². The summed E-state index contributed by atoms with van der Waals surface area (Å²) in [6, 6.07) is 0. The summed E-state index contributed by atoms with van der Waals surface area (Å²) in [6.07, 6.45) is 22.0. The molecule has 0 aromatic heterocycles. The number of nitrogens with zero attached hydrogens (tertiary/aromatic N) is 1. The lowest BCUT2D eigenvalue weighted by Gasteiger charge is -2.28. The number of hydrogen-bond donors (Lipinski definition) is 0. The summed E-state index contributed by atoms with van der Waals surface area (Å²) in [7, 11) is 1.14. The van der Waals surface area contributed by atoms with Gasteiger partial charge in [-0.15, -0.1) is 0 Å². The van der Waals surface area contributed by atoms with Gasteiger partial charge in [0.2, 0.25) is 0 Å². The smallest absolute Gasteiger partial charge is 0.306 e. The van der Waals surface area contributed by atoms with Crippen molar-refractivity contribution in [3.63, 3.8) is 0 Å². The van der Waals surface area contributed by atoms with Gasteiger partial charge in [-0.05, 0) is 44.9 Å². The van der Waals surface area contributed by atoms with E-state index in [1.165, 1.54) is 0 Å². The first-order valence-electron chi connectivity index (χ1n) is 14.7. The van der Waals surface area contributed by atoms with E-state index in [1.807, 2.05) is 28.1 Å². The van der Waals surface area contributed by atoms with E-state index in [2.05, 4.69) is 43.4 Å². The summed E-state index contributed by atoms with van der Waals surface area (Å²) in [4.78, 5) is 36.2. The molecule has 0 aliphatic rings. The minimum atomic E-state index is -4.59. The number of hydrogen-bond acceptors (Lipinski definition) is 8. The number of esters is 2. The molecule has 0 aromatic carbocycles. The van der Waals surface area contributed by atoms with Crippen LogP contribution >= 0.6 is 7.82 Å². The van der Waals surface area contributed by atoms with E-state index >= 15 is 0 Å². The van der Waals surface area contributed by atoms with Gasteiger partial charge in [0, 0.05) is 12.8 Å². The van der Waals surface area contributed by atoms with Crippen LogP contribution in [0.4, 0.5) is 0 Å². The summed E-state index contributed by atoms with van der Waals surface area (Å²) in [5.74, 6) is -0.924. The Morgan fingerprint density at radius 3 is 2.08 bits per heavy atom. The minimum Gasteiger partial charge on any atom is -0.756 e. The summed E-state index contributed by atoms with van der Waals surface area (Å²) < 4.78 is 32.9. The summed E-state index contributed by atoms with van der Waals surface area (Å²) in [5, 5.41) is 0. The fourth-order valence-electron chi connectivity index (χ4n) is 3.35. The van der Waals surface area contributed by atoms with Crippen molar-refractivity contribution in [3.8, 4) is 0 Å². The van der Waals surface area contributed by atoms with Gasteiger partial charge in [0.15, 0.2) is 6.10 Å². The number of carbonyl (C=O) groups is 2. The van der Waals surface area contributed by atoms with Crippen LogP contribution in [0.3, 0.4) is 0 Å². The van der Waals surface area contributed by atoms with E-state index in [1.54, 1.807) is 0 Å². The van der Waals surface area contributed by atoms with Crippen molar-refractivity contribution in [1.29, 1.82) is 0 Å². The highest BCUT2D eigenvalue weighted by atomic mass is 31.2. The Morgan fingerprint density at radius 1 is 0.800 bits per heavy atom. The molecule has 0 aliphatic carbocycles. The van der Waals surface area contributed by atoms with Crippen LogP contribution in [-0.4, -0.2) is 70.0 Å². The van der Waals surface area contributed by atoms with Gasteiger partial charge < -0.3 is 27.9 Å². The first-order valence-corrected chi connectivity index (χ1v) is 16.2. The molecule has 0 bridgehead atoms. The second kappa shape index (κ2) is 23.9. The third-order valence-corrected chi connectivity index (χ3v) is 6.61. The molecule has 0 amide bonds. The summed E-state index contributed by atoms with van der Waals surface area (Å²) >= 11 is 0. The molecule has 0 fully saturated rings. The molecule has 0 aliphatic heterocycles. The van der Waals surface area contributed by atoms with E-state index in [9.17, 15) is 19.0 Å². The second-order valence-corrected chi connectivity index (χ2v) is 12.1. The van der Waals surface area contributed by atoms with Crippen molar-refractivity contribution in [2.45, 2.75) is 97.0 Å². The van der Waals surface area contributed by atoms with Crippen molar-refractivity contribution in [2.24, 2.45) is 0 Å². The maximum absolute atomic E-state index is 12.3. The Hall–Kier alpha value is -1.77. The van der Waals surface area contributed by atoms with Crippen LogP contribution in [-0.2, 0) is 32.7 Å². The highest BCUT2D eigenvalue weighted by molar-refractivity contribution is 7.45. The van der Waals surface area contributed by atoms with E-state index in [-0.39, 0.29) is 26.1 Å². The van der Waals surface area contributed by atoms with Crippen LogP contribution in [0, 0.1) is 0 Å². The van der Waals surface area contributed by atoms with Gasteiger partial charge in [-0.3, -0.25) is 14.2 Å². The fraction of sp³-hybridized carbons (Fsp3) is 0.733.